The minimum Gasteiger partial charge on any atom is -0.352 e. The van der Waals surface area contributed by atoms with Crippen LogP contribution in [0.15, 0.2) is 59.5 Å². The van der Waals surface area contributed by atoms with Crippen LogP contribution < -0.4 is 9.62 Å². The number of nitrogens with zero attached hydrogens (tertiary/aromatic N) is 1. The van der Waals surface area contributed by atoms with E-state index in [-0.39, 0.29) is 23.4 Å². The first kappa shape index (κ1) is 19.3. The minimum atomic E-state index is -3.88. The molecule has 0 aromatic heterocycles. The third-order valence-corrected chi connectivity index (χ3v) is 7.86. The zero-order chi connectivity index (χ0) is 19.7. The Balaban J connectivity index is 1.58. The van der Waals surface area contributed by atoms with Gasteiger partial charge < -0.3 is 5.32 Å². The fraction of sp³-hybridized carbons (Fsp3) is 0.381. The molecule has 2 aliphatic carbocycles. The molecule has 7 heteroatoms. The first-order chi connectivity index (χ1) is 13.4. The van der Waals surface area contributed by atoms with Gasteiger partial charge in [0.1, 0.15) is 6.54 Å². The van der Waals surface area contributed by atoms with E-state index in [0.717, 1.165) is 17.1 Å². The molecule has 1 amide bonds. The summed E-state index contributed by atoms with van der Waals surface area (Å²) in [7, 11) is -3.88. The number of amides is 1. The molecular weight excluding hydrogens is 396 g/mol. The number of rotatable bonds is 6. The van der Waals surface area contributed by atoms with E-state index in [1.165, 1.54) is 25.0 Å². The van der Waals surface area contributed by atoms with Crippen molar-refractivity contribution in [3.05, 3.63) is 59.6 Å². The summed E-state index contributed by atoms with van der Waals surface area (Å²) in [5, 5.41) is 3.58. The summed E-state index contributed by atoms with van der Waals surface area (Å²) in [6, 6.07) is 14.8. The van der Waals surface area contributed by atoms with E-state index in [1.54, 1.807) is 42.5 Å². The van der Waals surface area contributed by atoms with Crippen LogP contribution in [0.25, 0.3) is 0 Å². The number of anilines is 1. The number of nitrogens with one attached hydrogen (secondary N) is 1. The lowest BCUT2D eigenvalue weighted by Crippen LogP contribution is -2.45. The van der Waals surface area contributed by atoms with Crippen molar-refractivity contribution in [2.75, 3.05) is 10.8 Å². The quantitative estimate of drug-likeness (QED) is 0.775. The molecule has 0 heterocycles. The van der Waals surface area contributed by atoms with Gasteiger partial charge in [-0.1, -0.05) is 36.2 Å². The summed E-state index contributed by atoms with van der Waals surface area (Å²) in [6.45, 7) is -0.257. The second-order valence-electron chi connectivity index (χ2n) is 7.65. The summed E-state index contributed by atoms with van der Waals surface area (Å²) in [4.78, 5) is 12.9. The molecule has 2 fully saturated rings. The van der Waals surface area contributed by atoms with Gasteiger partial charge in [0.2, 0.25) is 5.91 Å². The summed E-state index contributed by atoms with van der Waals surface area (Å²) in [6.07, 6.45) is 4.58. The Morgan fingerprint density at radius 2 is 1.75 bits per heavy atom. The summed E-state index contributed by atoms with van der Waals surface area (Å²) >= 11 is 5.96. The molecule has 0 unspecified atom stereocenters. The van der Waals surface area contributed by atoms with E-state index in [1.807, 2.05) is 0 Å². The molecule has 0 saturated heterocycles. The van der Waals surface area contributed by atoms with Crippen LogP contribution in [-0.4, -0.2) is 26.9 Å². The molecule has 1 N–H and O–H groups in total. The Bertz CT molecular complexity index is 947. The molecule has 3 atom stereocenters. The number of carbonyl (C=O) groups is 1. The first-order valence-electron chi connectivity index (χ1n) is 9.56. The minimum absolute atomic E-state index is 0.151. The number of fused-ring (bicyclic) bond motifs is 2. The van der Waals surface area contributed by atoms with E-state index in [9.17, 15) is 13.2 Å². The Morgan fingerprint density at radius 3 is 2.36 bits per heavy atom. The van der Waals surface area contributed by atoms with Gasteiger partial charge in [0.25, 0.3) is 10.0 Å². The van der Waals surface area contributed by atoms with Gasteiger partial charge in [-0.05, 0) is 67.5 Å². The van der Waals surface area contributed by atoms with Crippen LogP contribution in [0.5, 0.6) is 0 Å². The van der Waals surface area contributed by atoms with Crippen LogP contribution in [0.3, 0.4) is 0 Å². The lowest BCUT2D eigenvalue weighted by molar-refractivity contribution is -0.120. The van der Waals surface area contributed by atoms with Crippen LogP contribution in [0.4, 0.5) is 5.69 Å². The van der Waals surface area contributed by atoms with E-state index < -0.39 is 10.0 Å². The molecule has 28 heavy (non-hydrogen) atoms. The van der Waals surface area contributed by atoms with Crippen molar-refractivity contribution in [2.45, 2.75) is 36.6 Å². The van der Waals surface area contributed by atoms with Crippen molar-refractivity contribution in [3.63, 3.8) is 0 Å². The number of carbonyl (C=O) groups excluding carboxylic acids is 1. The van der Waals surface area contributed by atoms with Crippen LogP contribution in [0, 0.1) is 11.8 Å². The third-order valence-electron chi connectivity index (χ3n) is 5.82. The number of halogens is 1. The van der Waals surface area contributed by atoms with Crippen LogP contribution in [0.2, 0.25) is 5.02 Å². The highest BCUT2D eigenvalue weighted by Gasteiger charge is 2.40. The van der Waals surface area contributed by atoms with E-state index >= 15 is 0 Å². The number of hydrogen-bond donors (Lipinski definition) is 1. The van der Waals surface area contributed by atoms with Gasteiger partial charge in [-0.25, -0.2) is 8.42 Å². The Hall–Kier alpha value is -2.05. The van der Waals surface area contributed by atoms with Gasteiger partial charge in [0, 0.05) is 11.1 Å². The highest BCUT2D eigenvalue weighted by molar-refractivity contribution is 7.92. The Labute approximate surface area is 170 Å². The van der Waals surface area contributed by atoms with Crippen LogP contribution in [-0.2, 0) is 14.8 Å². The monoisotopic (exact) mass is 418 g/mol. The van der Waals surface area contributed by atoms with Crippen molar-refractivity contribution >= 4 is 33.2 Å². The number of benzene rings is 2. The van der Waals surface area contributed by atoms with E-state index in [2.05, 4.69) is 5.32 Å². The highest BCUT2D eigenvalue weighted by Crippen LogP contribution is 2.44. The van der Waals surface area contributed by atoms with E-state index in [4.69, 9.17) is 11.6 Å². The SMILES string of the molecule is O=C(CN(c1ccc(Cl)cc1)S(=O)(=O)c1ccccc1)N[C@@H]1C[C@H]2CC[C@H]1C2. The van der Waals surface area contributed by atoms with E-state index in [0.29, 0.717) is 22.5 Å². The molecule has 2 bridgehead atoms. The molecule has 2 saturated carbocycles. The molecule has 2 aliphatic rings. The summed E-state index contributed by atoms with van der Waals surface area (Å²) < 4.78 is 27.6. The molecule has 148 valence electrons. The maximum absolute atomic E-state index is 13.2. The normalized spacial score (nSPS) is 23.5. The standard InChI is InChI=1S/C21H23ClN2O3S/c22-17-8-10-18(11-9-17)24(28(26,27)19-4-2-1-3-5-19)14-21(25)23-20-13-15-6-7-16(20)12-15/h1-5,8-11,15-16,20H,6-7,12-14H2,(H,23,25)/t15-,16-,20+/m0/s1. The Morgan fingerprint density at radius 1 is 1.04 bits per heavy atom. The average Bonchev–Trinajstić information content (AvgIpc) is 3.31. The topological polar surface area (TPSA) is 66.5 Å². The number of hydrogen-bond acceptors (Lipinski definition) is 3. The fourth-order valence-electron chi connectivity index (χ4n) is 4.45. The van der Waals surface area contributed by atoms with Gasteiger partial charge >= 0.3 is 0 Å². The average molecular weight is 419 g/mol. The predicted octanol–water partition coefficient (Wildman–Crippen LogP) is 3.84. The molecule has 2 aromatic carbocycles. The van der Waals surface area contributed by atoms with Crippen LogP contribution >= 0.6 is 11.6 Å². The fourth-order valence-corrected chi connectivity index (χ4v) is 6.01. The smallest absolute Gasteiger partial charge is 0.264 e. The van der Waals surface area contributed by atoms with Crippen molar-refractivity contribution in [1.82, 2.24) is 5.32 Å². The Kier molecular flexibility index (Phi) is 5.34. The van der Waals surface area contributed by atoms with Gasteiger partial charge in [-0.2, -0.15) is 0 Å². The lowest BCUT2D eigenvalue weighted by Gasteiger charge is -2.27. The molecule has 2 aromatic rings. The molecular formula is C21H23ClN2O3S. The first-order valence-corrected chi connectivity index (χ1v) is 11.4. The molecule has 5 nitrogen and oxygen atoms in total. The molecule has 4 rings (SSSR count). The maximum Gasteiger partial charge on any atom is 0.264 e. The van der Waals surface area contributed by atoms with Crippen molar-refractivity contribution < 1.29 is 13.2 Å². The largest absolute Gasteiger partial charge is 0.352 e. The van der Waals surface area contributed by atoms with Gasteiger partial charge in [-0.3, -0.25) is 9.10 Å². The van der Waals surface area contributed by atoms with Crippen molar-refractivity contribution in [2.24, 2.45) is 11.8 Å². The number of sulfonamides is 1. The third kappa shape index (κ3) is 3.89. The van der Waals surface area contributed by atoms with Crippen molar-refractivity contribution in [3.8, 4) is 0 Å². The summed E-state index contributed by atoms with van der Waals surface area (Å²) in [5.41, 5.74) is 0.413. The second-order valence-corrected chi connectivity index (χ2v) is 9.95. The molecule has 0 radical (unpaired) electrons. The maximum atomic E-state index is 13.2. The second kappa shape index (κ2) is 7.76. The zero-order valence-electron chi connectivity index (χ0n) is 15.4. The van der Waals surface area contributed by atoms with Gasteiger partial charge in [0.15, 0.2) is 0 Å². The molecule has 0 aliphatic heterocycles. The van der Waals surface area contributed by atoms with Gasteiger partial charge in [0.05, 0.1) is 10.6 Å². The zero-order valence-corrected chi connectivity index (χ0v) is 17.0. The van der Waals surface area contributed by atoms with Gasteiger partial charge in [-0.15, -0.1) is 0 Å². The lowest BCUT2D eigenvalue weighted by atomic mass is 9.95. The highest BCUT2D eigenvalue weighted by atomic mass is 35.5. The van der Waals surface area contributed by atoms with Crippen LogP contribution in [0.1, 0.15) is 25.7 Å². The predicted molar refractivity (Wildman–Crippen MR) is 110 cm³/mol. The summed E-state index contributed by atoms with van der Waals surface area (Å²) in [5.74, 6) is 0.964. The van der Waals surface area contributed by atoms with Crippen molar-refractivity contribution in [1.29, 1.82) is 0 Å². The molecule has 0 spiro atoms.